The number of hydrogen-bond donors (Lipinski definition) is 0. The van der Waals surface area contributed by atoms with Crippen molar-refractivity contribution in [1.82, 2.24) is 0 Å². The van der Waals surface area contributed by atoms with E-state index in [4.69, 9.17) is 9.47 Å². The van der Waals surface area contributed by atoms with Crippen molar-refractivity contribution in [2.75, 3.05) is 13.2 Å². The zero-order valence-electron chi connectivity index (χ0n) is 5.75. The molecule has 0 amide bonds. The van der Waals surface area contributed by atoms with E-state index in [0.29, 0.717) is 6.10 Å². The van der Waals surface area contributed by atoms with Crippen LogP contribution in [0.3, 0.4) is 0 Å². The molecule has 0 radical (unpaired) electrons. The molecular weight excluding hydrogens is 128 g/mol. The molecule has 0 saturated carbocycles. The second-order valence-corrected chi connectivity index (χ2v) is 2.53. The van der Waals surface area contributed by atoms with Crippen LogP contribution >= 0.6 is 0 Å². The molecule has 2 heteroatoms. The van der Waals surface area contributed by atoms with Gasteiger partial charge < -0.3 is 9.47 Å². The van der Waals surface area contributed by atoms with Crippen LogP contribution in [0.25, 0.3) is 0 Å². The summed E-state index contributed by atoms with van der Waals surface area (Å²) in [5.74, 6) is 1.07. The Balaban J connectivity index is 1.70. The summed E-state index contributed by atoms with van der Waals surface area (Å²) in [5.41, 5.74) is 0. The molecule has 0 aromatic carbocycles. The third-order valence-electron chi connectivity index (χ3n) is 1.59. The summed E-state index contributed by atoms with van der Waals surface area (Å²) in [7, 11) is 0. The lowest BCUT2D eigenvalue weighted by molar-refractivity contribution is 0.181. The highest BCUT2D eigenvalue weighted by Gasteiger charge is 2.23. The molecule has 1 aliphatic carbocycles. The van der Waals surface area contributed by atoms with Crippen molar-refractivity contribution >= 4 is 0 Å². The van der Waals surface area contributed by atoms with E-state index in [1.54, 1.807) is 0 Å². The van der Waals surface area contributed by atoms with Gasteiger partial charge in [-0.05, 0) is 6.08 Å². The Hall–Kier alpha value is -0.760. The van der Waals surface area contributed by atoms with Crippen LogP contribution in [0.15, 0.2) is 24.0 Å². The van der Waals surface area contributed by atoms with Crippen molar-refractivity contribution in [3.8, 4) is 0 Å². The van der Waals surface area contributed by atoms with E-state index in [1.807, 2.05) is 12.2 Å². The molecule has 1 saturated heterocycles. The predicted molar refractivity (Wildman–Crippen MR) is 37.5 cm³/mol. The van der Waals surface area contributed by atoms with Crippen LogP contribution in [-0.2, 0) is 9.47 Å². The minimum atomic E-state index is 0.376. The highest BCUT2D eigenvalue weighted by Crippen LogP contribution is 2.15. The van der Waals surface area contributed by atoms with E-state index in [0.717, 1.165) is 25.4 Å². The first kappa shape index (κ1) is 5.98. The zero-order valence-corrected chi connectivity index (χ0v) is 5.75. The third-order valence-corrected chi connectivity index (χ3v) is 1.59. The first-order valence-electron chi connectivity index (χ1n) is 3.55. The minimum Gasteiger partial charge on any atom is -0.495 e. The average molecular weight is 138 g/mol. The summed E-state index contributed by atoms with van der Waals surface area (Å²) >= 11 is 0. The molecule has 0 aromatic heterocycles. The van der Waals surface area contributed by atoms with Crippen LogP contribution in [-0.4, -0.2) is 19.3 Å². The largest absolute Gasteiger partial charge is 0.495 e. The van der Waals surface area contributed by atoms with Gasteiger partial charge in [-0.15, -0.1) is 0 Å². The highest BCUT2D eigenvalue weighted by molar-refractivity contribution is 5.18. The molecule has 10 heavy (non-hydrogen) atoms. The number of rotatable bonds is 3. The van der Waals surface area contributed by atoms with Gasteiger partial charge in [-0.25, -0.2) is 0 Å². The van der Waals surface area contributed by atoms with Gasteiger partial charge in [0.25, 0.3) is 0 Å². The molecule has 2 aliphatic rings. The lowest BCUT2D eigenvalue weighted by atomic mass is 10.4. The lowest BCUT2D eigenvalue weighted by Gasteiger charge is -2.02. The summed E-state index contributed by atoms with van der Waals surface area (Å²) < 4.78 is 10.4. The van der Waals surface area contributed by atoms with Crippen LogP contribution in [0.2, 0.25) is 0 Å². The van der Waals surface area contributed by atoms with E-state index in [2.05, 4.69) is 6.08 Å². The molecule has 1 heterocycles. The van der Waals surface area contributed by atoms with Crippen LogP contribution in [0.1, 0.15) is 6.42 Å². The lowest BCUT2D eigenvalue weighted by Crippen LogP contribution is -1.99. The predicted octanol–water partition coefficient (Wildman–Crippen LogP) is 1.25. The summed E-state index contributed by atoms with van der Waals surface area (Å²) in [5, 5.41) is 0. The summed E-state index contributed by atoms with van der Waals surface area (Å²) in [6.45, 7) is 1.61. The zero-order chi connectivity index (χ0) is 6.81. The molecule has 0 N–H and O–H groups in total. The first-order chi connectivity index (χ1) is 4.95. The van der Waals surface area contributed by atoms with Crippen LogP contribution < -0.4 is 0 Å². The van der Waals surface area contributed by atoms with E-state index in [1.165, 1.54) is 0 Å². The molecule has 2 nitrogen and oxygen atoms in total. The second kappa shape index (κ2) is 2.46. The molecule has 0 spiro atoms. The molecule has 1 aliphatic heterocycles. The fraction of sp³-hybridized carbons (Fsp3) is 0.500. The van der Waals surface area contributed by atoms with E-state index in [-0.39, 0.29) is 0 Å². The van der Waals surface area contributed by atoms with Gasteiger partial charge in [0, 0.05) is 6.42 Å². The second-order valence-electron chi connectivity index (χ2n) is 2.53. The molecule has 1 unspecified atom stereocenters. The molecule has 54 valence electrons. The van der Waals surface area contributed by atoms with Crippen molar-refractivity contribution in [3.05, 3.63) is 24.0 Å². The quantitative estimate of drug-likeness (QED) is 0.547. The molecule has 0 aromatic rings. The van der Waals surface area contributed by atoms with Crippen molar-refractivity contribution in [2.24, 2.45) is 0 Å². The number of epoxide rings is 1. The van der Waals surface area contributed by atoms with Gasteiger partial charge in [-0.1, -0.05) is 12.2 Å². The van der Waals surface area contributed by atoms with Gasteiger partial charge in [0.2, 0.25) is 0 Å². The van der Waals surface area contributed by atoms with Gasteiger partial charge in [-0.2, -0.15) is 0 Å². The molecule has 0 bridgehead atoms. The van der Waals surface area contributed by atoms with Gasteiger partial charge in [0.1, 0.15) is 12.7 Å². The fourth-order valence-electron chi connectivity index (χ4n) is 0.899. The topological polar surface area (TPSA) is 21.8 Å². The van der Waals surface area contributed by atoms with Gasteiger partial charge in [-0.3, -0.25) is 0 Å². The van der Waals surface area contributed by atoms with Crippen LogP contribution in [0, 0.1) is 0 Å². The molecule has 2 rings (SSSR count). The monoisotopic (exact) mass is 138 g/mol. The summed E-state index contributed by atoms with van der Waals surface area (Å²) in [6.07, 6.45) is 7.43. The van der Waals surface area contributed by atoms with Gasteiger partial charge in [0.15, 0.2) is 0 Å². The van der Waals surface area contributed by atoms with Crippen LogP contribution in [0.4, 0.5) is 0 Å². The van der Waals surface area contributed by atoms with E-state index in [9.17, 15) is 0 Å². The summed E-state index contributed by atoms with van der Waals surface area (Å²) in [6, 6.07) is 0. The number of ether oxygens (including phenoxy) is 2. The SMILES string of the molecule is C1=CCC(OCC2CO2)=C1. The van der Waals surface area contributed by atoms with Crippen molar-refractivity contribution < 1.29 is 9.47 Å². The smallest absolute Gasteiger partial charge is 0.116 e. The fourth-order valence-corrected chi connectivity index (χ4v) is 0.899. The Bertz CT molecular complexity index is 178. The third kappa shape index (κ3) is 1.39. The van der Waals surface area contributed by atoms with Crippen molar-refractivity contribution in [1.29, 1.82) is 0 Å². The Morgan fingerprint density at radius 2 is 2.60 bits per heavy atom. The number of allylic oxidation sites excluding steroid dienone is 3. The Morgan fingerprint density at radius 3 is 3.20 bits per heavy atom. The van der Waals surface area contributed by atoms with E-state index >= 15 is 0 Å². The Morgan fingerprint density at radius 1 is 1.70 bits per heavy atom. The molecular formula is C8H10O2. The van der Waals surface area contributed by atoms with Gasteiger partial charge in [0.05, 0.1) is 12.4 Å². The standard InChI is InChI=1S/C8H10O2/c1-2-4-7(3-1)9-5-8-6-10-8/h1-3,8H,4-6H2. The van der Waals surface area contributed by atoms with E-state index < -0.39 is 0 Å². The average Bonchev–Trinajstić information content (AvgIpc) is 2.63. The normalized spacial score (nSPS) is 28.4. The maximum Gasteiger partial charge on any atom is 0.116 e. The Labute approximate surface area is 60.1 Å². The maximum atomic E-state index is 5.40. The first-order valence-corrected chi connectivity index (χ1v) is 3.55. The highest BCUT2D eigenvalue weighted by atomic mass is 16.6. The molecule has 1 atom stereocenters. The Kier molecular flexibility index (Phi) is 1.47. The summed E-state index contributed by atoms with van der Waals surface area (Å²) in [4.78, 5) is 0. The maximum absolute atomic E-state index is 5.40. The van der Waals surface area contributed by atoms with Crippen molar-refractivity contribution in [2.45, 2.75) is 12.5 Å². The number of hydrogen-bond acceptors (Lipinski definition) is 2. The minimum absolute atomic E-state index is 0.376. The van der Waals surface area contributed by atoms with Crippen molar-refractivity contribution in [3.63, 3.8) is 0 Å². The van der Waals surface area contributed by atoms with Gasteiger partial charge >= 0.3 is 0 Å². The van der Waals surface area contributed by atoms with Crippen LogP contribution in [0.5, 0.6) is 0 Å². The molecule has 1 fully saturated rings.